The zero-order valence-electron chi connectivity index (χ0n) is 14.8. The standard InChI is InChI=1S/C18H27N3O2.ClH/c1-12(2)16(18(23)21-9-8-19-14(4)11-21)20-17(22)15-7-5-6-13(3)10-15;/h5-7,10,12,14,16,19H,8-9,11H2,1-4H3,(H,20,22);1H. The van der Waals surface area contributed by atoms with Crippen LogP contribution in [-0.2, 0) is 4.79 Å². The molecule has 1 saturated heterocycles. The Hall–Kier alpha value is -1.59. The van der Waals surface area contributed by atoms with E-state index in [1.54, 1.807) is 6.07 Å². The van der Waals surface area contributed by atoms with E-state index >= 15 is 0 Å². The van der Waals surface area contributed by atoms with Crippen LogP contribution in [0.1, 0.15) is 36.7 Å². The van der Waals surface area contributed by atoms with Gasteiger partial charge in [-0.1, -0.05) is 31.5 Å². The predicted molar refractivity (Wildman–Crippen MR) is 98.6 cm³/mol. The lowest BCUT2D eigenvalue weighted by atomic mass is 10.0. The third-order valence-corrected chi connectivity index (χ3v) is 4.18. The van der Waals surface area contributed by atoms with E-state index in [-0.39, 0.29) is 36.2 Å². The molecule has 1 aromatic carbocycles. The van der Waals surface area contributed by atoms with E-state index in [4.69, 9.17) is 0 Å². The second kappa shape index (κ2) is 9.04. The first-order valence-electron chi connectivity index (χ1n) is 8.28. The maximum Gasteiger partial charge on any atom is 0.251 e. The van der Waals surface area contributed by atoms with Crippen LogP contribution in [0, 0.1) is 12.8 Å². The van der Waals surface area contributed by atoms with Gasteiger partial charge in [0, 0.05) is 31.2 Å². The normalized spacial score (nSPS) is 18.7. The fraction of sp³-hybridized carbons (Fsp3) is 0.556. The lowest BCUT2D eigenvalue weighted by Gasteiger charge is -2.35. The Morgan fingerprint density at radius 2 is 2.04 bits per heavy atom. The Labute approximate surface area is 150 Å². The molecule has 0 aromatic heterocycles. The molecular formula is C18H28ClN3O2. The quantitative estimate of drug-likeness (QED) is 0.870. The van der Waals surface area contributed by atoms with Gasteiger partial charge in [-0.3, -0.25) is 9.59 Å². The second-order valence-electron chi connectivity index (χ2n) is 6.70. The summed E-state index contributed by atoms with van der Waals surface area (Å²) in [5.41, 5.74) is 1.62. The molecule has 2 N–H and O–H groups in total. The Morgan fingerprint density at radius 1 is 1.33 bits per heavy atom. The van der Waals surface area contributed by atoms with Crippen LogP contribution in [0.4, 0.5) is 0 Å². The van der Waals surface area contributed by atoms with E-state index in [2.05, 4.69) is 17.6 Å². The molecule has 0 radical (unpaired) electrons. The number of hydrogen-bond acceptors (Lipinski definition) is 3. The van der Waals surface area contributed by atoms with Gasteiger partial charge >= 0.3 is 0 Å². The molecule has 1 aliphatic heterocycles. The van der Waals surface area contributed by atoms with E-state index in [0.717, 1.165) is 12.1 Å². The van der Waals surface area contributed by atoms with E-state index in [0.29, 0.717) is 18.7 Å². The van der Waals surface area contributed by atoms with Gasteiger partial charge in [0.2, 0.25) is 5.91 Å². The van der Waals surface area contributed by atoms with Crippen molar-refractivity contribution in [3.8, 4) is 0 Å². The molecule has 0 aliphatic carbocycles. The Bertz CT molecular complexity index is 577. The summed E-state index contributed by atoms with van der Waals surface area (Å²) in [7, 11) is 0. The van der Waals surface area contributed by atoms with Gasteiger partial charge in [0.25, 0.3) is 5.91 Å². The van der Waals surface area contributed by atoms with Gasteiger partial charge in [-0.25, -0.2) is 0 Å². The monoisotopic (exact) mass is 353 g/mol. The topological polar surface area (TPSA) is 61.4 Å². The van der Waals surface area contributed by atoms with Crippen molar-refractivity contribution in [2.45, 2.75) is 39.8 Å². The molecule has 0 saturated carbocycles. The molecular weight excluding hydrogens is 326 g/mol. The van der Waals surface area contributed by atoms with Gasteiger partial charge in [-0.2, -0.15) is 0 Å². The van der Waals surface area contributed by atoms with E-state index in [9.17, 15) is 9.59 Å². The van der Waals surface area contributed by atoms with Crippen molar-refractivity contribution in [3.05, 3.63) is 35.4 Å². The van der Waals surface area contributed by atoms with Crippen molar-refractivity contribution in [2.24, 2.45) is 5.92 Å². The maximum absolute atomic E-state index is 12.8. The van der Waals surface area contributed by atoms with Crippen LogP contribution in [0.25, 0.3) is 0 Å². The van der Waals surface area contributed by atoms with Gasteiger partial charge in [-0.05, 0) is 31.9 Å². The summed E-state index contributed by atoms with van der Waals surface area (Å²) in [6, 6.07) is 7.21. The van der Waals surface area contributed by atoms with Crippen molar-refractivity contribution >= 4 is 24.2 Å². The molecule has 5 nitrogen and oxygen atoms in total. The maximum atomic E-state index is 12.8. The third-order valence-electron chi connectivity index (χ3n) is 4.18. The minimum Gasteiger partial charge on any atom is -0.340 e. The van der Waals surface area contributed by atoms with Crippen molar-refractivity contribution in [2.75, 3.05) is 19.6 Å². The van der Waals surface area contributed by atoms with Crippen LogP contribution in [0.5, 0.6) is 0 Å². The number of nitrogens with one attached hydrogen (secondary N) is 2. The lowest BCUT2D eigenvalue weighted by molar-refractivity contribution is -0.135. The van der Waals surface area contributed by atoms with Crippen molar-refractivity contribution in [1.82, 2.24) is 15.5 Å². The molecule has 2 rings (SSSR count). The number of piperazine rings is 1. The van der Waals surface area contributed by atoms with Crippen LogP contribution in [0.15, 0.2) is 24.3 Å². The molecule has 1 fully saturated rings. The molecule has 2 atom stereocenters. The largest absolute Gasteiger partial charge is 0.340 e. The average molecular weight is 354 g/mol. The van der Waals surface area contributed by atoms with Crippen molar-refractivity contribution in [1.29, 1.82) is 0 Å². The molecule has 24 heavy (non-hydrogen) atoms. The minimum absolute atomic E-state index is 0. The van der Waals surface area contributed by atoms with Gasteiger partial charge in [0.05, 0.1) is 0 Å². The highest BCUT2D eigenvalue weighted by Gasteiger charge is 2.30. The molecule has 1 aromatic rings. The SMILES string of the molecule is Cc1cccc(C(=O)NC(C(=O)N2CCNC(C)C2)C(C)C)c1.Cl. The predicted octanol–water partition coefficient (Wildman–Crippen LogP) is 1.99. The average Bonchev–Trinajstić information content (AvgIpc) is 2.51. The van der Waals surface area contributed by atoms with Gasteiger partial charge in [0.1, 0.15) is 6.04 Å². The Kier molecular flexibility index (Phi) is 7.70. The van der Waals surface area contributed by atoms with Crippen LogP contribution >= 0.6 is 12.4 Å². The minimum atomic E-state index is -0.492. The molecule has 6 heteroatoms. The summed E-state index contributed by atoms with van der Waals surface area (Å²) in [5, 5.41) is 6.25. The van der Waals surface area contributed by atoms with E-state index < -0.39 is 6.04 Å². The smallest absolute Gasteiger partial charge is 0.251 e. The van der Waals surface area contributed by atoms with Gasteiger partial charge in [0.15, 0.2) is 0 Å². The number of benzene rings is 1. The molecule has 1 heterocycles. The summed E-state index contributed by atoms with van der Waals surface area (Å²) >= 11 is 0. The zero-order chi connectivity index (χ0) is 17.0. The first kappa shape index (κ1) is 20.5. The summed E-state index contributed by atoms with van der Waals surface area (Å²) in [5.74, 6) is -0.139. The molecule has 134 valence electrons. The fourth-order valence-electron chi connectivity index (χ4n) is 2.85. The molecule has 0 spiro atoms. The number of halogens is 1. The summed E-state index contributed by atoms with van der Waals surface area (Å²) < 4.78 is 0. The number of hydrogen-bond donors (Lipinski definition) is 2. The number of aryl methyl sites for hydroxylation is 1. The van der Waals surface area contributed by atoms with Crippen LogP contribution in [0.3, 0.4) is 0 Å². The van der Waals surface area contributed by atoms with Crippen molar-refractivity contribution in [3.63, 3.8) is 0 Å². The summed E-state index contributed by atoms with van der Waals surface area (Å²) in [6.07, 6.45) is 0. The van der Waals surface area contributed by atoms with Gasteiger partial charge in [-0.15, -0.1) is 12.4 Å². The Morgan fingerprint density at radius 3 is 2.62 bits per heavy atom. The number of carbonyl (C=O) groups excluding carboxylic acids is 2. The third kappa shape index (κ3) is 5.21. The van der Waals surface area contributed by atoms with Crippen LogP contribution in [0.2, 0.25) is 0 Å². The second-order valence-corrected chi connectivity index (χ2v) is 6.70. The zero-order valence-corrected chi connectivity index (χ0v) is 15.7. The molecule has 2 amide bonds. The first-order valence-corrected chi connectivity index (χ1v) is 8.28. The molecule has 2 unspecified atom stereocenters. The highest BCUT2D eigenvalue weighted by Crippen LogP contribution is 2.11. The van der Waals surface area contributed by atoms with Crippen LogP contribution < -0.4 is 10.6 Å². The molecule has 1 aliphatic rings. The summed E-state index contributed by atoms with van der Waals surface area (Å²) in [4.78, 5) is 27.1. The fourth-order valence-corrected chi connectivity index (χ4v) is 2.85. The highest BCUT2D eigenvalue weighted by atomic mass is 35.5. The number of rotatable bonds is 4. The van der Waals surface area contributed by atoms with Gasteiger partial charge < -0.3 is 15.5 Å². The lowest BCUT2D eigenvalue weighted by Crippen LogP contribution is -2.57. The number of carbonyl (C=O) groups is 2. The van der Waals surface area contributed by atoms with E-state index in [1.807, 2.05) is 43.9 Å². The first-order chi connectivity index (χ1) is 10.9. The highest BCUT2D eigenvalue weighted by molar-refractivity contribution is 5.97. The van der Waals surface area contributed by atoms with E-state index in [1.165, 1.54) is 0 Å². The Balaban J connectivity index is 0.00000288. The van der Waals surface area contributed by atoms with Crippen LogP contribution in [-0.4, -0.2) is 48.4 Å². The summed E-state index contributed by atoms with van der Waals surface area (Å²) in [6.45, 7) is 10.1. The van der Waals surface area contributed by atoms with Crippen molar-refractivity contribution < 1.29 is 9.59 Å². The number of amides is 2. The number of nitrogens with zero attached hydrogens (tertiary/aromatic N) is 1. The molecule has 0 bridgehead atoms.